The predicted octanol–water partition coefficient (Wildman–Crippen LogP) is -1.78. The third kappa shape index (κ3) is 2.28. The molecule has 4 N–H and O–H groups in total. The number of rotatable bonds is 3. The Kier molecular flexibility index (Phi) is 3.81. The average molecular weight is 183 g/mol. The van der Waals surface area contributed by atoms with Gasteiger partial charge in [-0.2, -0.15) is 0 Å². The molecule has 0 saturated heterocycles. The second-order valence-electron chi connectivity index (χ2n) is 1.24. The molecule has 0 radical (unpaired) electrons. The molecular weight excluding hydrogens is 175 g/mol. The van der Waals surface area contributed by atoms with Crippen LogP contribution in [0.5, 0.6) is 0 Å². The zero-order valence-corrected chi connectivity index (χ0v) is 6.04. The van der Waals surface area contributed by atoms with Crippen LogP contribution in [0.3, 0.4) is 0 Å². The van der Waals surface area contributed by atoms with Crippen molar-refractivity contribution in [2.45, 2.75) is 11.4 Å². The third-order valence-corrected chi connectivity index (χ3v) is 1.45. The van der Waals surface area contributed by atoms with Crippen molar-refractivity contribution in [2.24, 2.45) is 5.84 Å². The van der Waals surface area contributed by atoms with E-state index in [1.54, 1.807) is 0 Å². The van der Waals surface area contributed by atoms with Crippen molar-refractivity contribution in [1.29, 1.82) is 0 Å². The molecule has 0 aliphatic heterocycles. The summed E-state index contributed by atoms with van der Waals surface area (Å²) in [5.74, 6) is 3.92. The predicted molar refractivity (Wildman–Crippen MR) is 30.7 cm³/mol. The molecule has 8 heavy (non-hydrogen) atoms. The van der Waals surface area contributed by atoms with E-state index in [-0.39, 0.29) is 0 Å². The fourth-order valence-electron chi connectivity index (χ4n) is 0.202. The van der Waals surface area contributed by atoms with Crippen molar-refractivity contribution in [3.63, 3.8) is 0 Å². The standard InChI is InChI=1S/C3H8N2O2Se/c4-5-2(1-8)3(6)7/h2,5,8H,1,4H2,(H,6,7)/t2-/m0/s1. The first-order valence-corrected chi connectivity index (χ1v) is 3.35. The molecule has 0 rings (SSSR count). The fourth-order valence-corrected chi connectivity index (χ4v) is 0.751. The Labute approximate surface area is 55.2 Å². The van der Waals surface area contributed by atoms with Crippen molar-refractivity contribution in [3.8, 4) is 0 Å². The van der Waals surface area contributed by atoms with Crippen molar-refractivity contribution in [2.75, 3.05) is 0 Å². The average Bonchev–Trinajstić information content (AvgIpc) is 1.69. The minimum absolute atomic E-state index is 0.443. The van der Waals surface area contributed by atoms with E-state index >= 15 is 0 Å². The number of carbonyl (C=O) groups is 1. The molecule has 0 aromatic heterocycles. The van der Waals surface area contributed by atoms with Crippen molar-refractivity contribution in [1.82, 2.24) is 5.43 Å². The van der Waals surface area contributed by atoms with Gasteiger partial charge in [0.05, 0.1) is 0 Å². The Balaban J connectivity index is 3.52. The number of carboxylic acid groups (broad SMARTS) is 1. The molecule has 0 aromatic carbocycles. The number of carboxylic acids is 1. The minimum atomic E-state index is -0.923. The summed E-state index contributed by atoms with van der Waals surface area (Å²) in [6, 6.07) is -0.630. The van der Waals surface area contributed by atoms with E-state index in [2.05, 4.69) is 21.4 Å². The molecule has 0 aliphatic rings. The van der Waals surface area contributed by atoms with Gasteiger partial charge in [0.2, 0.25) is 0 Å². The van der Waals surface area contributed by atoms with Gasteiger partial charge in [0.15, 0.2) is 0 Å². The maximum atomic E-state index is 10.0. The van der Waals surface area contributed by atoms with E-state index < -0.39 is 12.0 Å². The summed E-state index contributed by atoms with van der Waals surface area (Å²) < 4.78 is 0. The summed E-state index contributed by atoms with van der Waals surface area (Å²) in [6.07, 6.45) is 0. The van der Waals surface area contributed by atoms with Crippen LogP contribution in [0.25, 0.3) is 0 Å². The summed E-state index contributed by atoms with van der Waals surface area (Å²) in [7, 11) is 0. The Morgan fingerprint density at radius 3 is 2.50 bits per heavy atom. The van der Waals surface area contributed by atoms with Gasteiger partial charge >= 0.3 is 54.5 Å². The van der Waals surface area contributed by atoms with Crippen LogP contribution < -0.4 is 11.3 Å². The first-order valence-electron chi connectivity index (χ1n) is 2.02. The number of nitrogens with one attached hydrogen (secondary N) is 1. The van der Waals surface area contributed by atoms with E-state index in [4.69, 9.17) is 10.9 Å². The number of hydrogen-bond acceptors (Lipinski definition) is 3. The molecule has 1 atom stereocenters. The van der Waals surface area contributed by atoms with Gasteiger partial charge in [-0.1, -0.05) is 0 Å². The third-order valence-electron chi connectivity index (χ3n) is 0.682. The Hall–Kier alpha value is -0.0905. The van der Waals surface area contributed by atoms with Crippen LogP contribution in [0.1, 0.15) is 0 Å². The molecule has 0 unspecified atom stereocenters. The molecular formula is C3H8N2O2Se. The number of hydrogen-bond donors (Lipinski definition) is 3. The van der Waals surface area contributed by atoms with Gasteiger partial charge in [-0.25, -0.2) is 0 Å². The van der Waals surface area contributed by atoms with E-state index in [0.717, 1.165) is 0 Å². The van der Waals surface area contributed by atoms with Crippen LogP contribution in [0.2, 0.25) is 5.32 Å². The molecule has 0 spiro atoms. The quantitative estimate of drug-likeness (QED) is 0.275. The number of nitrogens with two attached hydrogens (primary N) is 1. The molecule has 4 nitrogen and oxygen atoms in total. The van der Waals surface area contributed by atoms with Gasteiger partial charge in [0.25, 0.3) is 0 Å². The van der Waals surface area contributed by atoms with Gasteiger partial charge in [-0.3, -0.25) is 0 Å². The van der Waals surface area contributed by atoms with E-state index in [1.165, 1.54) is 0 Å². The van der Waals surface area contributed by atoms with E-state index in [0.29, 0.717) is 5.32 Å². The van der Waals surface area contributed by atoms with Crippen LogP contribution in [0.4, 0.5) is 0 Å². The zero-order chi connectivity index (χ0) is 6.57. The first kappa shape index (κ1) is 7.91. The molecule has 0 bridgehead atoms. The van der Waals surface area contributed by atoms with Gasteiger partial charge in [0.1, 0.15) is 0 Å². The van der Waals surface area contributed by atoms with Gasteiger partial charge in [0, 0.05) is 0 Å². The monoisotopic (exact) mass is 184 g/mol. The summed E-state index contributed by atoms with van der Waals surface area (Å²) in [5, 5.41) is 8.66. The first-order chi connectivity index (χ1) is 3.72. The maximum absolute atomic E-state index is 10.0. The summed E-state index contributed by atoms with van der Waals surface area (Å²) >= 11 is 2.15. The van der Waals surface area contributed by atoms with Crippen molar-refractivity contribution < 1.29 is 9.90 Å². The molecule has 5 heteroatoms. The van der Waals surface area contributed by atoms with E-state index in [9.17, 15) is 4.79 Å². The second-order valence-corrected chi connectivity index (χ2v) is 2.01. The number of hydrazine groups is 1. The van der Waals surface area contributed by atoms with Gasteiger partial charge in [-0.05, 0) is 0 Å². The van der Waals surface area contributed by atoms with Gasteiger partial charge < -0.3 is 0 Å². The Morgan fingerprint density at radius 2 is 2.50 bits per heavy atom. The summed E-state index contributed by atoms with van der Waals surface area (Å²) in [6.45, 7) is 0. The number of aliphatic carboxylic acids is 1. The molecule has 0 amide bonds. The SMILES string of the molecule is NN[C@@H](C[SeH])C(=O)O. The zero-order valence-electron chi connectivity index (χ0n) is 4.16. The normalized spacial score (nSPS) is 13.2. The Morgan fingerprint density at radius 1 is 2.00 bits per heavy atom. The Bertz CT molecular complexity index is 83.4. The second kappa shape index (κ2) is 3.86. The topological polar surface area (TPSA) is 75.3 Å². The molecule has 48 valence electrons. The van der Waals surface area contributed by atoms with Crippen molar-refractivity contribution >= 4 is 22.0 Å². The molecule has 0 aliphatic carbocycles. The molecule has 0 heterocycles. The van der Waals surface area contributed by atoms with Crippen LogP contribution in [-0.4, -0.2) is 33.1 Å². The fraction of sp³-hybridized carbons (Fsp3) is 0.667. The van der Waals surface area contributed by atoms with Crippen LogP contribution in [0.15, 0.2) is 0 Å². The summed E-state index contributed by atoms with van der Waals surface area (Å²) in [4.78, 5) is 10.0. The van der Waals surface area contributed by atoms with Gasteiger partial charge in [-0.15, -0.1) is 0 Å². The summed E-state index contributed by atoms with van der Waals surface area (Å²) in [5.41, 5.74) is 2.14. The van der Waals surface area contributed by atoms with Crippen LogP contribution in [-0.2, 0) is 4.79 Å². The molecule has 0 aromatic rings. The van der Waals surface area contributed by atoms with Crippen LogP contribution in [0, 0.1) is 0 Å². The van der Waals surface area contributed by atoms with Crippen LogP contribution >= 0.6 is 0 Å². The van der Waals surface area contributed by atoms with E-state index in [1.807, 2.05) is 0 Å². The van der Waals surface area contributed by atoms with Crippen molar-refractivity contribution in [3.05, 3.63) is 0 Å². The molecule has 0 saturated carbocycles. The molecule has 0 fully saturated rings.